The van der Waals surface area contributed by atoms with Crippen molar-refractivity contribution in [1.82, 2.24) is 25.2 Å². The van der Waals surface area contributed by atoms with Crippen molar-refractivity contribution in [2.45, 2.75) is 38.3 Å². The average molecular weight is 249 g/mol. The van der Waals surface area contributed by atoms with Gasteiger partial charge in [-0.25, -0.2) is 0 Å². The molecule has 2 aliphatic heterocycles. The maximum atomic E-state index is 4.35. The fraction of sp³-hybridized carbons (Fsp3) is 0.846. The minimum Gasteiger partial charge on any atom is -0.314 e. The zero-order valence-electron chi connectivity index (χ0n) is 11.2. The van der Waals surface area contributed by atoms with Crippen LogP contribution in [0.2, 0.25) is 0 Å². The largest absolute Gasteiger partial charge is 0.314 e. The smallest absolute Gasteiger partial charge is 0.0967 e. The van der Waals surface area contributed by atoms with E-state index in [2.05, 4.69) is 20.4 Å². The molecule has 5 heteroatoms. The summed E-state index contributed by atoms with van der Waals surface area (Å²) < 4.78 is 0. The van der Waals surface area contributed by atoms with Gasteiger partial charge in [-0.3, -0.25) is 4.90 Å². The highest BCUT2D eigenvalue weighted by Gasteiger charge is 2.28. The van der Waals surface area contributed by atoms with Gasteiger partial charge in [-0.1, -0.05) is 0 Å². The molecule has 2 saturated heterocycles. The van der Waals surface area contributed by atoms with Crippen LogP contribution in [0, 0.1) is 5.92 Å². The van der Waals surface area contributed by atoms with Crippen molar-refractivity contribution in [3.05, 3.63) is 11.9 Å². The lowest BCUT2D eigenvalue weighted by Crippen LogP contribution is -2.40. The van der Waals surface area contributed by atoms with E-state index in [0.717, 1.165) is 24.2 Å². The molecule has 100 valence electrons. The minimum atomic E-state index is 0.795. The predicted molar refractivity (Wildman–Crippen MR) is 70.0 cm³/mol. The molecule has 0 bridgehead atoms. The summed E-state index contributed by atoms with van der Waals surface area (Å²) in [6.07, 6.45) is 7.29. The summed E-state index contributed by atoms with van der Waals surface area (Å²) in [4.78, 5) is 4.15. The molecule has 0 radical (unpaired) electrons. The van der Waals surface area contributed by atoms with E-state index in [0.29, 0.717) is 0 Å². The molecule has 1 aromatic rings. The number of piperidine rings is 1. The van der Waals surface area contributed by atoms with Crippen LogP contribution in [0.1, 0.15) is 31.4 Å². The minimum absolute atomic E-state index is 0.795. The van der Waals surface area contributed by atoms with Crippen molar-refractivity contribution in [3.8, 4) is 0 Å². The number of hydrogen-bond acceptors (Lipinski definition) is 4. The predicted octanol–water partition coefficient (Wildman–Crippen LogP) is 0.779. The molecule has 1 aromatic heterocycles. The van der Waals surface area contributed by atoms with E-state index in [4.69, 9.17) is 0 Å². The second-order valence-electron chi connectivity index (χ2n) is 5.64. The second kappa shape index (κ2) is 5.36. The normalized spacial score (nSPS) is 26.8. The lowest BCUT2D eigenvalue weighted by atomic mass is 9.88. The van der Waals surface area contributed by atoms with E-state index < -0.39 is 0 Å². The van der Waals surface area contributed by atoms with Gasteiger partial charge in [0.05, 0.1) is 11.9 Å². The van der Waals surface area contributed by atoms with E-state index in [1.807, 2.05) is 13.2 Å². The zero-order valence-corrected chi connectivity index (χ0v) is 11.2. The molecule has 1 N–H and O–H groups in total. The van der Waals surface area contributed by atoms with E-state index in [9.17, 15) is 0 Å². The third-order valence-electron chi connectivity index (χ3n) is 4.33. The Labute approximate surface area is 109 Å². The number of aryl methyl sites for hydroxylation is 1. The average Bonchev–Trinajstić information content (AvgIpc) is 3.02. The highest BCUT2D eigenvalue weighted by Crippen LogP contribution is 2.26. The van der Waals surface area contributed by atoms with E-state index in [1.165, 1.54) is 45.3 Å². The standard InChI is InChI=1S/C13H23N5/c1-17-15-9-12(16-17)10-18-7-4-11(5-8-18)13-3-2-6-14-13/h9,11,13-14H,2-8,10H2,1H3. The van der Waals surface area contributed by atoms with Crippen molar-refractivity contribution in [1.29, 1.82) is 0 Å². The van der Waals surface area contributed by atoms with Gasteiger partial charge in [0.25, 0.3) is 0 Å². The van der Waals surface area contributed by atoms with Crippen LogP contribution >= 0.6 is 0 Å². The fourth-order valence-corrected chi connectivity index (χ4v) is 3.32. The maximum absolute atomic E-state index is 4.35. The van der Waals surface area contributed by atoms with Crippen LogP contribution < -0.4 is 5.32 Å². The van der Waals surface area contributed by atoms with Gasteiger partial charge in [-0.2, -0.15) is 15.0 Å². The Kier molecular flexibility index (Phi) is 3.61. The summed E-state index contributed by atoms with van der Waals surface area (Å²) in [5.41, 5.74) is 1.09. The molecule has 3 heterocycles. The molecule has 2 aliphatic rings. The van der Waals surface area contributed by atoms with E-state index >= 15 is 0 Å². The molecular formula is C13H23N5. The Morgan fingerprint density at radius 1 is 1.33 bits per heavy atom. The lowest BCUT2D eigenvalue weighted by molar-refractivity contribution is 0.156. The molecule has 5 nitrogen and oxygen atoms in total. The monoisotopic (exact) mass is 249 g/mol. The Balaban J connectivity index is 1.47. The van der Waals surface area contributed by atoms with Gasteiger partial charge in [0.15, 0.2) is 0 Å². The summed E-state index contributed by atoms with van der Waals surface area (Å²) in [7, 11) is 1.88. The van der Waals surface area contributed by atoms with E-state index in [-0.39, 0.29) is 0 Å². The van der Waals surface area contributed by atoms with Crippen molar-refractivity contribution in [3.63, 3.8) is 0 Å². The van der Waals surface area contributed by atoms with Crippen LogP contribution in [0.4, 0.5) is 0 Å². The number of hydrogen-bond donors (Lipinski definition) is 1. The molecular weight excluding hydrogens is 226 g/mol. The van der Waals surface area contributed by atoms with Gasteiger partial charge in [0, 0.05) is 19.6 Å². The van der Waals surface area contributed by atoms with Crippen LogP contribution in [-0.4, -0.2) is 45.6 Å². The molecule has 0 amide bonds. The number of aromatic nitrogens is 3. The first-order chi connectivity index (χ1) is 8.81. The van der Waals surface area contributed by atoms with Crippen LogP contribution in [0.25, 0.3) is 0 Å². The zero-order chi connectivity index (χ0) is 12.4. The van der Waals surface area contributed by atoms with Crippen LogP contribution in [0.3, 0.4) is 0 Å². The van der Waals surface area contributed by atoms with E-state index in [1.54, 1.807) is 4.80 Å². The third-order valence-corrected chi connectivity index (χ3v) is 4.33. The van der Waals surface area contributed by atoms with Crippen molar-refractivity contribution in [2.24, 2.45) is 13.0 Å². The Morgan fingerprint density at radius 3 is 2.78 bits per heavy atom. The Bertz CT molecular complexity index is 374. The van der Waals surface area contributed by atoms with Gasteiger partial charge in [0.1, 0.15) is 0 Å². The highest BCUT2D eigenvalue weighted by atomic mass is 15.5. The lowest BCUT2D eigenvalue weighted by Gasteiger charge is -2.34. The summed E-state index contributed by atoms with van der Waals surface area (Å²) in [5.74, 6) is 0.894. The number of nitrogens with one attached hydrogen (secondary N) is 1. The number of likely N-dealkylation sites (tertiary alicyclic amines) is 1. The van der Waals surface area contributed by atoms with Gasteiger partial charge in [-0.15, -0.1) is 0 Å². The number of rotatable bonds is 3. The molecule has 1 atom stereocenters. The van der Waals surface area contributed by atoms with Crippen LogP contribution in [0.5, 0.6) is 0 Å². The quantitative estimate of drug-likeness (QED) is 0.860. The third kappa shape index (κ3) is 2.72. The summed E-state index contributed by atoms with van der Waals surface area (Å²) in [6.45, 7) is 4.60. The van der Waals surface area contributed by atoms with Crippen molar-refractivity contribution < 1.29 is 0 Å². The SMILES string of the molecule is Cn1ncc(CN2CCC(C3CCCN3)CC2)n1. The van der Waals surface area contributed by atoms with Gasteiger partial charge in [0.2, 0.25) is 0 Å². The van der Waals surface area contributed by atoms with Gasteiger partial charge in [-0.05, 0) is 51.2 Å². The fourth-order valence-electron chi connectivity index (χ4n) is 3.32. The first-order valence-corrected chi connectivity index (χ1v) is 7.12. The summed E-state index contributed by atoms with van der Waals surface area (Å²) in [6, 6.07) is 0.795. The van der Waals surface area contributed by atoms with Crippen LogP contribution in [0.15, 0.2) is 6.20 Å². The van der Waals surface area contributed by atoms with Crippen molar-refractivity contribution >= 4 is 0 Å². The first kappa shape index (κ1) is 12.1. The highest BCUT2D eigenvalue weighted by molar-refractivity contribution is 4.93. The molecule has 0 saturated carbocycles. The molecule has 3 rings (SSSR count). The molecule has 0 spiro atoms. The molecule has 0 aliphatic carbocycles. The maximum Gasteiger partial charge on any atom is 0.0967 e. The molecule has 18 heavy (non-hydrogen) atoms. The van der Waals surface area contributed by atoms with Crippen molar-refractivity contribution in [2.75, 3.05) is 19.6 Å². The Hall–Kier alpha value is -0.940. The topological polar surface area (TPSA) is 46.0 Å². The number of nitrogens with zero attached hydrogens (tertiary/aromatic N) is 4. The first-order valence-electron chi connectivity index (χ1n) is 7.12. The summed E-state index contributed by atoms with van der Waals surface area (Å²) in [5, 5.41) is 12.1. The Morgan fingerprint density at radius 2 is 2.17 bits per heavy atom. The molecule has 2 fully saturated rings. The van der Waals surface area contributed by atoms with Gasteiger partial charge >= 0.3 is 0 Å². The molecule has 1 unspecified atom stereocenters. The summed E-state index contributed by atoms with van der Waals surface area (Å²) >= 11 is 0. The second-order valence-corrected chi connectivity index (χ2v) is 5.64. The molecule has 0 aromatic carbocycles. The van der Waals surface area contributed by atoms with Gasteiger partial charge < -0.3 is 5.32 Å². The van der Waals surface area contributed by atoms with Crippen LogP contribution in [-0.2, 0) is 13.6 Å².